The van der Waals surface area contributed by atoms with Gasteiger partial charge in [-0.3, -0.25) is 4.79 Å². The third-order valence-corrected chi connectivity index (χ3v) is 8.13. The first-order chi connectivity index (χ1) is 21.8. The summed E-state index contributed by atoms with van der Waals surface area (Å²) in [5.41, 5.74) is 0. The monoisotopic (exact) mass is 636 g/mol. The van der Waals surface area contributed by atoms with Gasteiger partial charge in [-0.25, -0.2) is 0 Å². The van der Waals surface area contributed by atoms with Crippen molar-refractivity contribution in [3.63, 3.8) is 0 Å². The summed E-state index contributed by atoms with van der Waals surface area (Å²) in [7, 11) is 0. The summed E-state index contributed by atoms with van der Waals surface area (Å²) in [5.74, 6) is -0.332. The number of allylic oxidation sites excluding steroid dienone is 5. The van der Waals surface area contributed by atoms with Gasteiger partial charge in [0.25, 0.3) is 0 Å². The molecule has 0 radical (unpaired) electrons. The Morgan fingerprint density at radius 1 is 0.622 bits per heavy atom. The normalized spacial score (nSPS) is 15.8. The molecule has 45 heavy (non-hydrogen) atoms. The van der Waals surface area contributed by atoms with E-state index >= 15 is 0 Å². The maximum Gasteiger partial charge on any atom is 0.220 e. The number of aliphatic hydroxyl groups is 5. The minimum absolute atomic E-state index is 0.145. The van der Waals surface area contributed by atoms with Crippen molar-refractivity contribution in [3.8, 4) is 0 Å². The number of unbranched alkanes of at least 4 members (excludes halogenated alkanes) is 14. The van der Waals surface area contributed by atoms with Crippen LogP contribution in [0.5, 0.6) is 0 Å². The lowest BCUT2D eigenvalue weighted by atomic mass is 9.99. The standard InChI is InChI=1S/C38H69NO6/c1-3-5-7-9-11-12-13-14-15-16-18-24-30-36(43)38(45)35(32-40)39-37(44)31-25-29-34(42)28-23-20-19-22-27-33(41)26-21-17-10-8-6-4-2/h17,19-23,27-28,33-36,38,40-43,45H,3-16,18,24-26,29-32H2,1-2H3,(H,39,44)/b20-19+,21-17-,27-22+,28-23-/t33-,34-,35-,36-,38-/m0/s1. The minimum Gasteiger partial charge on any atom is -0.394 e. The van der Waals surface area contributed by atoms with Gasteiger partial charge in [0.15, 0.2) is 0 Å². The average molecular weight is 636 g/mol. The number of carbonyl (C=O) groups is 1. The van der Waals surface area contributed by atoms with E-state index < -0.39 is 37.1 Å². The molecule has 0 aromatic carbocycles. The van der Waals surface area contributed by atoms with Crippen molar-refractivity contribution in [2.45, 2.75) is 179 Å². The van der Waals surface area contributed by atoms with Gasteiger partial charge in [0, 0.05) is 6.42 Å². The Bertz CT molecular complexity index is 780. The first-order valence-electron chi connectivity index (χ1n) is 18.1. The summed E-state index contributed by atoms with van der Waals surface area (Å²) < 4.78 is 0. The summed E-state index contributed by atoms with van der Waals surface area (Å²) in [6, 6.07) is -0.923. The Labute approximate surface area is 275 Å². The molecule has 262 valence electrons. The summed E-state index contributed by atoms with van der Waals surface area (Å²) in [6.07, 6.45) is 32.5. The fraction of sp³-hybridized carbons (Fsp3) is 0.763. The Kier molecular flexibility index (Phi) is 30.9. The van der Waals surface area contributed by atoms with Crippen molar-refractivity contribution >= 4 is 5.91 Å². The van der Waals surface area contributed by atoms with Crippen molar-refractivity contribution in [2.24, 2.45) is 0 Å². The molecule has 0 aliphatic carbocycles. The highest BCUT2D eigenvalue weighted by molar-refractivity contribution is 5.76. The van der Waals surface area contributed by atoms with Gasteiger partial charge in [0.2, 0.25) is 5.91 Å². The fourth-order valence-electron chi connectivity index (χ4n) is 5.18. The molecule has 0 unspecified atom stereocenters. The molecule has 5 atom stereocenters. The van der Waals surface area contributed by atoms with Crippen LogP contribution in [0.4, 0.5) is 0 Å². The molecule has 0 aromatic heterocycles. The van der Waals surface area contributed by atoms with Crippen LogP contribution < -0.4 is 5.32 Å². The number of rotatable bonds is 31. The van der Waals surface area contributed by atoms with E-state index in [-0.39, 0.29) is 12.3 Å². The van der Waals surface area contributed by atoms with Crippen LogP contribution in [0.3, 0.4) is 0 Å². The van der Waals surface area contributed by atoms with Crippen molar-refractivity contribution < 1.29 is 30.3 Å². The van der Waals surface area contributed by atoms with Crippen LogP contribution in [-0.2, 0) is 4.79 Å². The highest BCUT2D eigenvalue weighted by atomic mass is 16.3. The second-order valence-corrected chi connectivity index (χ2v) is 12.5. The van der Waals surface area contributed by atoms with Crippen molar-refractivity contribution in [1.29, 1.82) is 0 Å². The quantitative estimate of drug-likeness (QED) is 0.0268. The average Bonchev–Trinajstić information content (AvgIpc) is 3.03. The molecule has 0 saturated carbocycles. The van der Waals surface area contributed by atoms with Gasteiger partial charge in [-0.2, -0.15) is 0 Å². The molecule has 0 bridgehead atoms. The van der Waals surface area contributed by atoms with E-state index in [1.807, 2.05) is 6.08 Å². The predicted octanol–water partition coefficient (Wildman–Crippen LogP) is 7.36. The molecular formula is C38H69NO6. The zero-order valence-corrected chi connectivity index (χ0v) is 28.7. The molecule has 7 heteroatoms. The molecule has 0 fully saturated rings. The lowest BCUT2D eigenvalue weighted by Gasteiger charge is -2.26. The summed E-state index contributed by atoms with van der Waals surface area (Å²) in [4.78, 5) is 12.3. The first-order valence-corrected chi connectivity index (χ1v) is 18.1. The molecule has 6 N–H and O–H groups in total. The number of hydrogen-bond acceptors (Lipinski definition) is 6. The van der Waals surface area contributed by atoms with E-state index in [0.717, 1.165) is 25.7 Å². The molecule has 0 rings (SSSR count). The largest absolute Gasteiger partial charge is 0.394 e. The molecule has 7 nitrogen and oxygen atoms in total. The second kappa shape index (κ2) is 32.2. The van der Waals surface area contributed by atoms with Crippen molar-refractivity contribution in [2.75, 3.05) is 6.61 Å². The number of amides is 1. The van der Waals surface area contributed by atoms with Gasteiger partial charge in [-0.05, 0) is 38.5 Å². The van der Waals surface area contributed by atoms with Gasteiger partial charge >= 0.3 is 0 Å². The summed E-state index contributed by atoms with van der Waals surface area (Å²) in [5, 5.41) is 53.3. The predicted molar refractivity (Wildman–Crippen MR) is 188 cm³/mol. The lowest BCUT2D eigenvalue weighted by Crippen LogP contribution is -2.50. The lowest BCUT2D eigenvalue weighted by molar-refractivity contribution is -0.124. The third kappa shape index (κ3) is 28.2. The van der Waals surface area contributed by atoms with Crippen LogP contribution in [-0.4, -0.2) is 68.5 Å². The van der Waals surface area contributed by atoms with Gasteiger partial charge < -0.3 is 30.8 Å². The number of aliphatic hydroxyl groups excluding tert-OH is 5. The molecule has 1 amide bonds. The molecule has 0 aliphatic rings. The van der Waals surface area contributed by atoms with E-state index in [4.69, 9.17) is 0 Å². The van der Waals surface area contributed by atoms with E-state index in [1.54, 1.807) is 36.5 Å². The van der Waals surface area contributed by atoms with Crippen molar-refractivity contribution in [3.05, 3.63) is 48.6 Å². The molecule has 0 saturated heterocycles. The highest BCUT2D eigenvalue weighted by Gasteiger charge is 2.26. The zero-order valence-electron chi connectivity index (χ0n) is 28.7. The van der Waals surface area contributed by atoms with Gasteiger partial charge in [-0.15, -0.1) is 0 Å². The zero-order chi connectivity index (χ0) is 33.4. The van der Waals surface area contributed by atoms with E-state index in [0.29, 0.717) is 25.7 Å². The number of hydrogen-bond donors (Lipinski definition) is 6. The minimum atomic E-state index is -1.23. The Balaban J connectivity index is 4.05. The van der Waals surface area contributed by atoms with Crippen LogP contribution in [0.2, 0.25) is 0 Å². The van der Waals surface area contributed by atoms with Crippen LogP contribution in [0.1, 0.15) is 149 Å². The summed E-state index contributed by atoms with van der Waals surface area (Å²) in [6.45, 7) is 3.96. The maximum absolute atomic E-state index is 12.3. The van der Waals surface area contributed by atoms with Crippen molar-refractivity contribution in [1.82, 2.24) is 5.32 Å². The fourth-order valence-corrected chi connectivity index (χ4v) is 5.18. The van der Waals surface area contributed by atoms with E-state index in [9.17, 15) is 30.3 Å². The SMILES string of the molecule is CCCCC/C=C\C[C@H](O)/C=C/C=C/C=C\[C@H](O)CCCC(=O)N[C@@H](CO)[C@H](O)[C@@H](O)CCCCCCCCCCCCCC. The van der Waals surface area contributed by atoms with Gasteiger partial charge in [-0.1, -0.05) is 152 Å². The van der Waals surface area contributed by atoms with Crippen LogP contribution >= 0.6 is 0 Å². The third-order valence-electron chi connectivity index (χ3n) is 8.13. The summed E-state index contributed by atoms with van der Waals surface area (Å²) >= 11 is 0. The van der Waals surface area contributed by atoms with E-state index in [1.165, 1.54) is 77.0 Å². The molecule has 0 aliphatic heterocycles. The van der Waals surface area contributed by atoms with Crippen LogP contribution in [0.25, 0.3) is 0 Å². The Morgan fingerprint density at radius 3 is 1.73 bits per heavy atom. The van der Waals surface area contributed by atoms with E-state index in [2.05, 4.69) is 25.2 Å². The second-order valence-electron chi connectivity index (χ2n) is 12.5. The highest BCUT2D eigenvalue weighted by Crippen LogP contribution is 2.15. The maximum atomic E-state index is 12.3. The van der Waals surface area contributed by atoms with Crippen LogP contribution in [0, 0.1) is 0 Å². The van der Waals surface area contributed by atoms with Gasteiger partial charge in [0.05, 0.1) is 31.0 Å². The first kappa shape index (κ1) is 43.2. The Hall–Kier alpha value is -1.77. The topological polar surface area (TPSA) is 130 Å². The number of nitrogens with one attached hydrogen (secondary N) is 1. The molecule has 0 heterocycles. The molecule has 0 spiro atoms. The van der Waals surface area contributed by atoms with Crippen LogP contribution in [0.15, 0.2) is 48.6 Å². The smallest absolute Gasteiger partial charge is 0.220 e. The molecular weight excluding hydrogens is 566 g/mol. The number of carbonyl (C=O) groups excluding carboxylic acids is 1. The molecule has 0 aromatic rings. The van der Waals surface area contributed by atoms with Gasteiger partial charge in [0.1, 0.15) is 6.10 Å². The Morgan fingerprint density at radius 2 is 1.16 bits per heavy atom.